The standard InChI is InChI=1S/C23H18F3N3O2/c24-16-3-1-13(2-4-16)21-20(18-7-17(25)8-19(26)22(18)29-21)14-5-15(6-14)23(30)27-9-12-10-28-31-11-12/h1-4,7-8,10-11,14-15,29H,5-6,9H2,(H,27,30). The van der Waals surface area contributed by atoms with Gasteiger partial charge >= 0.3 is 0 Å². The molecule has 1 aliphatic carbocycles. The fourth-order valence-electron chi connectivity index (χ4n) is 4.22. The molecule has 2 heterocycles. The lowest BCUT2D eigenvalue weighted by Gasteiger charge is -2.35. The fraction of sp³-hybridized carbons (Fsp3) is 0.217. The highest BCUT2D eigenvalue weighted by Gasteiger charge is 2.38. The molecule has 5 rings (SSSR count). The third kappa shape index (κ3) is 3.58. The molecule has 0 aliphatic heterocycles. The normalized spacial score (nSPS) is 18.2. The summed E-state index contributed by atoms with van der Waals surface area (Å²) >= 11 is 0. The Bertz CT molecular complexity index is 1240. The SMILES string of the molecule is O=C(NCc1cnoc1)C1CC(c2c(-c3ccc(F)cc3)[nH]c3c(F)cc(F)cc23)C1. The summed E-state index contributed by atoms with van der Waals surface area (Å²) in [6.07, 6.45) is 4.10. The van der Waals surface area contributed by atoms with Gasteiger partial charge in [0.25, 0.3) is 0 Å². The monoisotopic (exact) mass is 425 g/mol. The van der Waals surface area contributed by atoms with E-state index in [1.807, 2.05) is 0 Å². The molecule has 0 unspecified atom stereocenters. The summed E-state index contributed by atoms with van der Waals surface area (Å²) in [4.78, 5) is 15.5. The van der Waals surface area contributed by atoms with Crippen LogP contribution in [0.3, 0.4) is 0 Å². The van der Waals surface area contributed by atoms with Crippen LogP contribution in [0.1, 0.15) is 29.9 Å². The van der Waals surface area contributed by atoms with Crippen molar-refractivity contribution < 1.29 is 22.5 Å². The van der Waals surface area contributed by atoms with Gasteiger partial charge in [0.1, 0.15) is 23.7 Å². The van der Waals surface area contributed by atoms with Crippen molar-refractivity contribution in [2.45, 2.75) is 25.3 Å². The number of nitrogens with zero attached hydrogens (tertiary/aromatic N) is 1. The van der Waals surface area contributed by atoms with Crippen molar-refractivity contribution in [3.05, 3.63) is 77.4 Å². The highest BCUT2D eigenvalue weighted by Crippen LogP contribution is 2.48. The number of aromatic nitrogens is 2. The third-order valence-electron chi connectivity index (χ3n) is 5.86. The van der Waals surface area contributed by atoms with Crippen LogP contribution in [0, 0.1) is 23.4 Å². The van der Waals surface area contributed by atoms with Gasteiger partial charge in [0.2, 0.25) is 5.91 Å². The lowest BCUT2D eigenvalue weighted by Crippen LogP contribution is -2.37. The first-order chi connectivity index (χ1) is 15.0. The zero-order chi connectivity index (χ0) is 21.5. The first-order valence-electron chi connectivity index (χ1n) is 9.92. The van der Waals surface area contributed by atoms with Crippen LogP contribution in [-0.4, -0.2) is 16.0 Å². The topological polar surface area (TPSA) is 70.9 Å². The zero-order valence-electron chi connectivity index (χ0n) is 16.3. The van der Waals surface area contributed by atoms with E-state index in [2.05, 4.69) is 15.5 Å². The summed E-state index contributed by atoms with van der Waals surface area (Å²) in [6, 6.07) is 7.97. The lowest BCUT2D eigenvalue weighted by atomic mass is 9.70. The van der Waals surface area contributed by atoms with Crippen LogP contribution in [0.15, 0.2) is 53.4 Å². The van der Waals surface area contributed by atoms with Gasteiger partial charge in [-0.3, -0.25) is 4.79 Å². The van der Waals surface area contributed by atoms with Crippen LogP contribution < -0.4 is 5.32 Å². The van der Waals surface area contributed by atoms with Crippen LogP contribution in [0.4, 0.5) is 13.2 Å². The maximum atomic E-state index is 14.4. The van der Waals surface area contributed by atoms with Crippen LogP contribution in [0.5, 0.6) is 0 Å². The minimum Gasteiger partial charge on any atom is -0.364 e. The van der Waals surface area contributed by atoms with Crippen molar-refractivity contribution in [3.8, 4) is 11.3 Å². The van der Waals surface area contributed by atoms with E-state index >= 15 is 0 Å². The molecule has 158 valence electrons. The summed E-state index contributed by atoms with van der Waals surface area (Å²) < 4.78 is 46.6. The van der Waals surface area contributed by atoms with E-state index in [4.69, 9.17) is 4.52 Å². The zero-order valence-corrected chi connectivity index (χ0v) is 16.3. The number of hydrogen-bond acceptors (Lipinski definition) is 3. The van der Waals surface area contributed by atoms with E-state index in [0.717, 1.165) is 17.2 Å². The molecule has 5 nitrogen and oxygen atoms in total. The van der Waals surface area contributed by atoms with Crippen molar-refractivity contribution in [1.29, 1.82) is 0 Å². The molecule has 0 bridgehead atoms. The molecule has 1 saturated carbocycles. The Morgan fingerprint density at radius 1 is 1.13 bits per heavy atom. The van der Waals surface area contributed by atoms with Crippen LogP contribution in [0.2, 0.25) is 0 Å². The molecule has 8 heteroatoms. The number of halogens is 3. The molecule has 31 heavy (non-hydrogen) atoms. The number of carbonyl (C=O) groups is 1. The van der Waals surface area contributed by atoms with Crippen molar-refractivity contribution in [2.75, 3.05) is 0 Å². The fourth-order valence-corrected chi connectivity index (χ4v) is 4.22. The van der Waals surface area contributed by atoms with Crippen LogP contribution >= 0.6 is 0 Å². The maximum absolute atomic E-state index is 14.4. The summed E-state index contributed by atoms with van der Waals surface area (Å²) in [7, 11) is 0. The molecule has 2 N–H and O–H groups in total. The van der Waals surface area contributed by atoms with Crippen LogP contribution in [-0.2, 0) is 11.3 Å². The number of benzene rings is 2. The molecule has 1 fully saturated rings. The molecule has 1 aliphatic rings. The average Bonchev–Trinajstić information content (AvgIpc) is 3.35. The maximum Gasteiger partial charge on any atom is 0.223 e. The minimum absolute atomic E-state index is 0.0543. The Hall–Kier alpha value is -3.55. The van der Waals surface area contributed by atoms with E-state index in [0.29, 0.717) is 36.0 Å². The van der Waals surface area contributed by atoms with Gasteiger partial charge in [-0.15, -0.1) is 0 Å². The van der Waals surface area contributed by atoms with Gasteiger partial charge in [0, 0.05) is 29.5 Å². The Kier molecular flexibility index (Phi) is 4.77. The Morgan fingerprint density at radius 3 is 2.61 bits per heavy atom. The summed E-state index contributed by atoms with van der Waals surface area (Å²) in [6.45, 7) is 0.327. The molecular weight excluding hydrogens is 407 g/mol. The van der Waals surface area contributed by atoms with E-state index in [9.17, 15) is 18.0 Å². The van der Waals surface area contributed by atoms with Crippen molar-refractivity contribution in [2.24, 2.45) is 5.92 Å². The highest BCUT2D eigenvalue weighted by atomic mass is 19.1. The first kappa shape index (κ1) is 19.4. The van der Waals surface area contributed by atoms with Crippen molar-refractivity contribution in [1.82, 2.24) is 15.5 Å². The van der Waals surface area contributed by atoms with Gasteiger partial charge < -0.3 is 14.8 Å². The largest absolute Gasteiger partial charge is 0.364 e. The Balaban J connectivity index is 1.43. The number of carbonyl (C=O) groups excluding carboxylic acids is 1. The highest BCUT2D eigenvalue weighted by molar-refractivity contribution is 5.92. The number of fused-ring (bicyclic) bond motifs is 1. The summed E-state index contributed by atoms with van der Waals surface area (Å²) in [5.74, 6) is -2.08. The molecule has 2 aromatic carbocycles. The Labute approximate surface area is 175 Å². The minimum atomic E-state index is -0.688. The number of rotatable bonds is 5. The average molecular weight is 425 g/mol. The van der Waals surface area contributed by atoms with Gasteiger partial charge in [0.15, 0.2) is 0 Å². The van der Waals surface area contributed by atoms with Gasteiger partial charge in [-0.25, -0.2) is 13.2 Å². The second-order valence-electron chi connectivity index (χ2n) is 7.85. The molecule has 4 aromatic rings. The van der Waals surface area contributed by atoms with E-state index < -0.39 is 11.6 Å². The number of amides is 1. The number of hydrogen-bond donors (Lipinski definition) is 2. The molecule has 2 aromatic heterocycles. The van der Waals surface area contributed by atoms with Crippen molar-refractivity contribution in [3.63, 3.8) is 0 Å². The lowest BCUT2D eigenvalue weighted by molar-refractivity contribution is -0.128. The number of H-pyrrole nitrogens is 1. The van der Waals surface area contributed by atoms with Gasteiger partial charge in [-0.1, -0.05) is 5.16 Å². The second kappa shape index (κ2) is 7.61. The van der Waals surface area contributed by atoms with Gasteiger partial charge in [-0.05, 0) is 60.2 Å². The van der Waals surface area contributed by atoms with Crippen molar-refractivity contribution >= 4 is 16.8 Å². The third-order valence-corrected chi connectivity index (χ3v) is 5.86. The summed E-state index contributed by atoms with van der Waals surface area (Å²) in [5, 5.41) is 6.90. The van der Waals surface area contributed by atoms with E-state index in [-0.39, 0.29) is 29.1 Å². The predicted octanol–water partition coefficient (Wildman–Crippen LogP) is 5.05. The summed E-state index contributed by atoms with van der Waals surface area (Å²) in [5.41, 5.74) is 3.02. The molecule has 0 saturated heterocycles. The van der Waals surface area contributed by atoms with Gasteiger partial charge in [-0.2, -0.15) is 0 Å². The number of nitrogens with one attached hydrogen (secondary N) is 2. The molecule has 0 radical (unpaired) electrons. The molecular formula is C23H18F3N3O2. The van der Waals surface area contributed by atoms with Crippen LogP contribution in [0.25, 0.3) is 22.2 Å². The molecule has 1 amide bonds. The molecule has 0 spiro atoms. The second-order valence-corrected chi connectivity index (χ2v) is 7.85. The number of aromatic amines is 1. The van der Waals surface area contributed by atoms with E-state index in [1.54, 1.807) is 12.1 Å². The quantitative estimate of drug-likeness (QED) is 0.470. The predicted molar refractivity (Wildman–Crippen MR) is 107 cm³/mol. The van der Waals surface area contributed by atoms with E-state index in [1.165, 1.54) is 30.7 Å². The first-order valence-corrected chi connectivity index (χ1v) is 9.92. The smallest absolute Gasteiger partial charge is 0.223 e. The van der Waals surface area contributed by atoms with Gasteiger partial charge in [0.05, 0.1) is 17.4 Å². The Morgan fingerprint density at radius 2 is 1.90 bits per heavy atom. The molecule has 0 atom stereocenters.